The monoisotopic (exact) mass is 350 g/mol. The summed E-state index contributed by atoms with van der Waals surface area (Å²) < 4.78 is 32.3. The summed E-state index contributed by atoms with van der Waals surface area (Å²) in [4.78, 5) is 0.197. The van der Waals surface area contributed by atoms with Crippen LogP contribution in [-0.4, -0.2) is 28.2 Å². The second-order valence-corrected chi connectivity index (χ2v) is 6.67. The largest absolute Gasteiger partial charge is 0.398 e. The van der Waals surface area contributed by atoms with E-state index in [9.17, 15) is 8.42 Å². The van der Waals surface area contributed by atoms with Crippen molar-refractivity contribution in [1.82, 2.24) is 4.72 Å². The summed E-state index contributed by atoms with van der Waals surface area (Å²) in [7, 11) is -3.48. The molecule has 0 aromatic heterocycles. The lowest BCUT2D eigenvalue weighted by Crippen LogP contribution is -2.25. The van der Waals surface area contributed by atoms with E-state index in [0.717, 1.165) is 6.42 Å². The van der Waals surface area contributed by atoms with Crippen LogP contribution in [0.2, 0.25) is 0 Å². The average Bonchev–Trinajstić information content (AvgIpc) is 2.36. The molecule has 0 aliphatic carbocycles. The zero-order chi connectivity index (χ0) is 14.3. The molecule has 1 aromatic rings. The molecule has 0 radical (unpaired) electrons. The third-order valence-corrected chi connectivity index (χ3v) is 4.53. The Morgan fingerprint density at radius 3 is 2.74 bits per heavy atom. The molecule has 0 saturated heterocycles. The van der Waals surface area contributed by atoms with Crippen LogP contribution in [0, 0.1) is 0 Å². The van der Waals surface area contributed by atoms with Gasteiger partial charge in [-0.05, 0) is 47.0 Å². The van der Waals surface area contributed by atoms with Gasteiger partial charge in [-0.1, -0.05) is 6.92 Å². The Bertz CT molecular complexity index is 506. The average molecular weight is 351 g/mol. The summed E-state index contributed by atoms with van der Waals surface area (Å²) in [6.45, 7) is 3.65. The Morgan fingerprint density at radius 2 is 2.11 bits per heavy atom. The van der Waals surface area contributed by atoms with Crippen molar-refractivity contribution in [2.24, 2.45) is 0 Å². The van der Waals surface area contributed by atoms with Crippen molar-refractivity contribution in [3.05, 3.63) is 22.7 Å². The Kier molecular flexibility index (Phi) is 6.78. The topological polar surface area (TPSA) is 81.4 Å². The molecule has 0 unspecified atom stereocenters. The Hall–Kier alpha value is -0.630. The molecule has 0 bridgehead atoms. The number of hydrogen-bond acceptors (Lipinski definition) is 4. The minimum Gasteiger partial charge on any atom is -0.398 e. The lowest BCUT2D eigenvalue weighted by atomic mass is 10.3. The quantitative estimate of drug-likeness (QED) is 0.555. The van der Waals surface area contributed by atoms with Gasteiger partial charge in [0.15, 0.2) is 0 Å². The maximum atomic E-state index is 12.0. The molecule has 0 aliphatic rings. The summed E-state index contributed by atoms with van der Waals surface area (Å²) in [5, 5.41) is 0. The van der Waals surface area contributed by atoms with Gasteiger partial charge >= 0.3 is 0 Å². The van der Waals surface area contributed by atoms with Gasteiger partial charge in [-0.15, -0.1) is 0 Å². The van der Waals surface area contributed by atoms with E-state index < -0.39 is 10.0 Å². The molecular formula is C12H19BrN2O3S. The zero-order valence-electron chi connectivity index (χ0n) is 10.9. The van der Waals surface area contributed by atoms with Crippen molar-refractivity contribution < 1.29 is 13.2 Å². The van der Waals surface area contributed by atoms with Gasteiger partial charge in [0, 0.05) is 29.9 Å². The van der Waals surface area contributed by atoms with E-state index in [0.29, 0.717) is 36.3 Å². The van der Waals surface area contributed by atoms with Crippen molar-refractivity contribution in [1.29, 1.82) is 0 Å². The first-order valence-corrected chi connectivity index (χ1v) is 8.37. The number of nitrogens with one attached hydrogen (secondary N) is 1. The van der Waals surface area contributed by atoms with Crippen molar-refractivity contribution >= 4 is 31.6 Å². The highest BCUT2D eigenvalue weighted by molar-refractivity contribution is 9.10. The van der Waals surface area contributed by atoms with Crippen LogP contribution in [0.25, 0.3) is 0 Å². The first-order chi connectivity index (χ1) is 8.97. The first-order valence-electron chi connectivity index (χ1n) is 6.10. The Balaban J connectivity index is 2.49. The Labute approximate surface area is 122 Å². The predicted octanol–water partition coefficient (Wildman–Crippen LogP) is 2.13. The molecule has 108 valence electrons. The summed E-state index contributed by atoms with van der Waals surface area (Å²) >= 11 is 3.21. The molecule has 1 rings (SSSR count). The maximum absolute atomic E-state index is 12.0. The summed E-state index contributed by atoms with van der Waals surface area (Å²) in [5.41, 5.74) is 6.13. The molecule has 5 nitrogen and oxygen atoms in total. The molecule has 3 N–H and O–H groups in total. The fourth-order valence-electron chi connectivity index (χ4n) is 1.39. The number of rotatable bonds is 8. The van der Waals surface area contributed by atoms with E-state index in [4.69, 9.17) is 10.5 Å². The van der Waals surface area contributed by atoms with E-state index in [2.05, 4.69) is 20.7 Å². The number of hydrogen-bond donors (Lipinski definition) is 2. The van der Waals surface area contributed by atoms with Crippen LogP contribution in [0.15, 0.2) is 27.6 Å². The van der Waals surface area contributed by atoms with Gasteiger partial charge in [0.1, 0.15) is 0 Å². The maximum Gasteiger partial charge on any atom is 0.240 e. The van der Waals surface area contributed by atoms with Crippen molar-refractivity contribution in [2.75, 3.05) is 25.5 Å². The highest BCUT2D eigenvalue weighted by Crippen LogP contribution is 2.22. The molecule has 0 aliphatic heterocycles. The van der Waals surface area contributed by atoms with Gasteiger partial charge in [0.2, 0.25) is 10.0 Å². The molecule has 0 amide bonds. The summed E-state index contributed by atoms with van der Waals surface area (Å²) in [6.07, 6.45) is 1.61. The summed E-state index contributed by atoms with van der Waals surface area (Å²) in [6, 6.07) is 4.53. The molecule has 7 heteroatoms. The fourth-order valence-corrected chi connectivity index (χ4v) is 3.02. The second-order valence-electron chi connectivity index (χ2n) is 4.05. The molecule has 0 spiro atoms. The van der Waals surface area contributed by atoms with Gasteiger partial charge in [0.25, 0.3) is 0 Å². The van der Waals surface area contributed by atoms with Gasteiger partial charge in [-0.2, -0.15) is 0 Å². The molecule has 0 atom stereocenters. The number of benzene rings is 1. The molecule has 0 heterocycles. The third-order valence-electron chi connectivity index (χ3n) is 2.39. The van der Waals surface area contributed by atoms with E-state index >= 15 is 0 Å². The lowest BCUT2D eigenvalue weighted by molar-refractivity contribution is 0.133. The van der Waals surface area contributed by atoms with E-state index in [1.165, 1.54) is 12.1 Å². The number of sulfonamides is 1. The standard InChI is InChI=1S/C12H19BrN2O3S/c1-2-7-18-8-3-6-15-19(16,17)10-4-5-12(14)11(13)9-10/h4-5,9,15H,2-3,6-8,14H2,1H3. The first kappa shape index (κ1) is 16.4. The molecule has 0 saturated carbocycles. The van der Waals surface area contributed by atoms with Gasteiger partial charge in [0.05, 0.1) is 4.90 Å². The van der Waals surface area contributed by atoms with Gasteiger partial charge < -0.3 is 10.5 Å². The number of ether oxygens (including phenoxy) is 1. The normalized spacial score (nSPS) is 11.7. The van der Waals surface area contributed by atoms with Crippen molar-refractivity contribution in [3.63, 3.8) is 0 Å². The molecule has 0 fully saturated rings. The van der Waals surface area contributed by atoms with Crippen LogP contribution in [0.4, 0.5) is 5.69 Å². The Morgan fingerprint density at radius 1 is 1.37 bits per heavy atom. The van der Waals surface area contributed by atoms with Crippen LogP contribution < -0.4 is 10.5 Å². The highest BCUT2D eigenvalue weighted by atomic mass is 79.9. The van der Waals surface area contributed by atoms with Crippen LogP contribution in [0.1, 0.15) is 19.8 Å². The number of halogens is 1. The highest BCUT2D eigenvalue weighted by Gasteiger charge is 2.14. The number of nitrogen functional groups attached to an aromatic ring is 1. The van der Waals surface area contributed by atoms with E-state index in [1.807, 2.05) is 6.92 Å². The predicted molar refractivity (Wildman–Crippen MR) is 79.5 cm³/mol. The fraction of sp³-hybridized carbons (Fsp3) is 0.500. The molecular weight excluding hydrogens is 332 g/mol. The van der Waals surface area contributed by atoms with Crippen LogP contribution in [0.3, 0.4) is 0 Å². The smallest absolute Gasteiger partial charge is 0.240 e. The zero-order valence-corrected chi connectivity index (χ0v) is 13.3. The van der Waals surface area contributed by atoms with Crippen molar-refractivity contribution in [2.45, 2.75) is 24.7 Å². The number of nitrogens with two attached hydrogens (primary N) is 1. The van der Waals surface area contributed by atoms with Crippen LogP contribution in [0.5, 0.6) is 0 Å². The molecule has 19 heavy (non-hydrogen) atoms. The second kappa shape index (κ2) is 7.84. The minimum absolute atomic E-state index is 0.197. The molecule has 1 aromatic carbocycles. The van der Waals surface area contributed by atoms with Crippen LogP contribution >= 0.6 is 15.9 Å². The van der Waals surface area contributed by atoms with E-state index in [1.54, 1.807) is 6.07 Å². The summed E-state index contributed by atoms with van der Waals surface area (Å²) in [5.74, 6) is 0. The SMILES string of the molecule is CCCOCCCNS(=O)(=O)c1ccc(N)c(Br)c1. The van der Waals surface area contributed by atoms with Crippen LogP contribution in [-0.2, 0) is 14.8 Å². The van der Waals surface area contributed by atoms with Crippen molar-refractivity contribution in [3.8, 4) is 0 Å². The minimum atomic E-state index is -3.48. The van der Waals surface area contributed by atoms with Gasteiger partial charge in [-0.3, -0.25) is 0 Å². The number of anilines is 1. The van der Waals surface area contributed by atoms with E-state index in [-0.39, 0.29) is 4.90 Å². The third kappa shape index (κ3) is 5.48. The van der Waals surface area contributed by atoms with Gasteiger partial charge in [-0.25, -0.2) is 13.1 Å². The lowest BCUT2D eigenvalue weighted by Gasteiger charge is -2.08.